The Hall–Kier alpha value is -1.14. The summed E-state index contributed by atoms with van der Waals surface area (Å²) in [5, 5.41) is 2.56. The van der Waals surface area contributed by atoms with E-state index < -0.39 is 15.8 Å². The summed E-state index contributed by atoms with van der Waals surface area (Å²) < 4.78 is 38.2. The van der Waals surface area contributed by atoms with E-state index in [1.165, 1.54) is 32.3 Å². The molecule has 6 heteroatoms. The average Bonchev–Trinajstić information content (AvgIpc) is 2.18. The molecule has 0 saturated carbocycles. The Kier molecular flexibility index (Phi) is 3.07. The Morgan fingerprint density at radius 3 is 2.43 bits per heavy atom. The van der Waals surface area contributed by atoms with Crippen molar-refractivity contribution in [3.63, 3.8) is 0 Å². The van der Waals surface area contributed by atoms with E-state index in [1.807, 2.05) is 0 Å². The van der Waals surface area contributed by atoms with Gasteiger partial charge in [-0.2, -0.15) is 0 Å². The maximum absolute atomic E-state index is 13.5. The van der Waals surface area contributed by atoms with Crippen molar-refractivity contribution in [3.8, 4) is 0 Å². The van der Waals surface area contributed by atoms with Crippen molar-refractivity contribution in [1.82, 2.24) is 4.72 Å². The molecule has 0 amide bonds. The number of hydrogen-bond acceptors (Lipinski definition) is 3. The molecule has 1 aromatic carbocycles. The summed E-state index contributed by atoms with van der Waals surface area (Å²) in [6.45, 7) is 0. The van der Waals surface area contributed by atoms with E-state index in [9.17, 15) is 12.8 Å². The standard InChI is InChI=1S/C8H11FN2O2S/c1-10-6-4-3-5-7(8(6)9)14(12,13)11-2/h3-5,10-11H,1-2H3. The SMILES string of the molecule is CNc1cccc(S(=O)(=O)NC)c1F. The molecular formula is C8H11FN2O2S. The zero-order valence-corrected chi connectivity index (χ0v) is 8.65. The van der Waals surface area contributed by atoms with E-state index in [1.54, 1.807) is 0 Å². The lowest BCUT2D eigenvalue weighted by atomic mass is 10.3. The first kappa shape index (κ1) is 10.9. The molecule has 0 aliphatic heterocycles. The molecule has 0 atom stereocenters. The third-order valence-electron chi connectivity index (χ3n) is 1.79. The normalized spacial score (nSPS) is 11.4. The molecular weight excluding hydrogens is 207 g/mol. The van der Waals surface area contributed by atoms with Crippen LogP contribution < -0.4 is 10.0 Å². The largest absolute Gasteiger partial charge is 0.386 e. The Labute approximate surface area is 82.2 Å². The maximum atomic E-state index is 13.5. The molecule has 0 radical (unpaired) electrons. The van der Waals surface area contributed by atoms with Crippen molar-refractivity contribution in [3.05, 3.63) is 24.0 Å². The van der Waals surface area contributed by atoms with Crippen LogP contribution in [0, 0.1) is 5.82 Å². The van der Waals surface area contributed by atoms with Crippen LogP contribution in [-0.2, 0) is 10.0 Å². The molecule has 0 aliphatic rings. The fourth-order valence-electron chi connectivity index (χ4n) is 1.02. The van der Waals surface area contributed by atoms with Crippen molar-refractivity contribution in [2.24, 2.45) is 0 Å². The molecule has 1 rings (SSSR count). The average molecular weight is 218 g/mol. The Morgan fingerprint density at radius 2 is 1.93 bits per heavy atom. The summed E-state index contributed by atoms with van der Waals surface area (Å²) >= 11 is 0. The number of hydrogen-bond donors (Lipinski definition) is 2. The van der Waals surface area contributed by atoms with Crippen LogP contribution in [0.15, 0.2) is 23.1 Å². The highest BCUT2D eigenvalue weighted by atomic mass is 32.2. The number of benzene rings is 1. The molecule has 0 spiro atoms. The fraction of sp³-hybridized carbons (Fsp3) is 0.250. The summed E-state index contributed by atoms with van der Waals surface area (Å²) in [5.41, 5.74) is 0.154. The second-order valence-electron chi connectivity index (χ2n) is 2.58. The molecule has 0 aromatic heterocycles. The molecule has 1 aromatic rings. The quantitative estimate of drug-likeness (QED) is 0.788. The smallest absolute Gasteiger partial charge is 0.243 e. The van der Waals surface area contributed by atoms with Crippen molar-refractivity contribution in [2.75, 3.05) is 19.4 Å². The third kappa shape index (κ3) is 1.85. The van der Waals surface area contributed by atoms with Gasteiger partial charge < -0.3 is 5.32 Å². The molecule has 78 valence electrons. The molecule has 0 heterocycles. The molecule has 4 nitrogen and oxygen atoms in total. The van der Waals surface area contributed by atoms with Crippen LogP contribution in [0.1, 0.15) is 0 Å². The van der Waals surface area contributed by atoms with Crippen LogP contribution in [0.4, 0.5) is 10.1 Å². The van der Waals surface area contributed by atoms with Gasteiger partial charge in [0.05, 0.1) is 5.69 Å². The molecule has 0 unspecified atom stereocenters. The first-order chi connectivity index (χ1) is 6.53. The van der Waals surface area contributed by atoms with Gasteiger partial charge in [0.2, 0.25) is 10.0 Å². The van der Waals surface area contributed by atoms with E-state index in [2.05, 4.69) is 10.0 Å². The molecule has 2 N–H and O–H groups in total. The van der Waals surface area contributed by atoms with Gasteiger partial charge in [0.1, 0.15) is 4.90 Å². The monoisotopic (exact) mass is 218 g/mol. The zero-order chi connectivity index (χ0) is 10.8. The summed E-state index contributed by atoms with van der Waals surface area (Å²) in [5.74, 6) is -0.774. The predicted molar refractivity (Wildman–Crippen MR) is 52.2 cm³/mol. The highest BCUT2D eigenvalue weighted by Crippen LogP contribution is 2.20. The second kappa shape index (κ2) is 3.93. The first-order valence-electron chi connectivity index (χ1n) is 3.92. The molecule has 0 fully saturated rings. The fourth-order valence-corrected chi connectivity index (χ4v) is 1.84. The van der Waals surface area contributed by atoms with Crippen LogP contribution in [0.3, 0.4) is 0 Å². The van der Waals surface area contributed by atoms with Crippen LogP contribution >= 0.6 is 0 Å². The minimum Gasteiger partial charge on any atom is -0.386 e. The van der Waals surface area contributed by atoms with Gasteiger partial charge in [0.15, 0.2) is 5.82 Å². The minimum absolute atomic E-state index is 0.154. The van der Waals surface area contributed by atoms with Crippen molar-refractivity contribution < 1.29 is 12.8 Å². The molecule has 0 aliphatic carbocycles. The van der Waals surface area contributed by atoms with Gasteiger partial charge in [-0.15, -0.1) is 0 Å². The van der Waals surface area contributed by atoms with E-state index in [-0.39, 0.29) is 10.6 Å². The maximum Gasteiger partial charge on any atom is 0.243 e. The number of anilines is 1. The number of nitrogens with one attached hydrogen (secondary N) is 2. The highest BCUT2D eigenvalue weighted by molar-refractivity contribution is 7.89. The van der Waals surface area contributed by atoms with Gasteiger partial charge in [-0.05, 0) is 19.2 Å². The van der Waals surface area contributed by atoms with Gasteiger partial charge in [0, 0.05) is 7.05 Å². The number of rotatable bonds is 3. The van der Waals surface area contributed by atoms with Crippen molar-refractivity contribution in [1.29, 1.82) is 0 Å². The van der Waals surface area contributed by atoms with E-state index >= 15 is 0 Å². The zero-order valence-electron chi connectivity index (χ0n) is 7.83. The molecule has 0 bridgehead atoms. The van der Waals surface area contributed by atoms with Crippen molar-refractivity contribution >= 4 is 15.7 Å². The van der Waals surface area contributed by atoms with Gasteiger partial charge in [0.25, 0.3) is 0 Å². The summed E-state index contributed by atoms with van der Waals surface area (Å²) in [4.78, 5) is -0.355. The molecule has 0 saturated heterocycles. The van der Waals surface area contributed by atoms with E-state index in [0.717, 1.165) is 0 Å². The Bertz CT molecular complexity index is 431. The Morgan fingerprint density at radius 1 is 1.29 bits per heavy atom. The number of halogens is 1. The summed E-state index contributed by atoms with van der Waals surface area (Å²) in [6, 6.07) is 4.14. The lowest BCUT2D eigenvalue weighted by Crippen LogP contribution is -2.20. The summed E-state index contributed by atoms with van der Waals surface area (Å²) in [6.07, 6.45) is 0. The Balaban J connectivity index is 3.37. The lowest BCUT2D eigenvalue weighted by molar-refractivity contribution is 0.563. The first-order valence-corrected chi connectivity index (χ1v) is 5.41. The van der Waals surface area contributed by atoms with Gasteiger partial charge in [-0.3, -0.25) is 0 Å². The van der Waals surface area contributed by atoms with Crippen LogP contribution in [0.25, 0.3) is 0 Å². The van der Waals surface area contributed by atoms with Crippen LogP contribution in [0.2, 0.25) is 0 Å². The highest BCUT2D eigenvalue weighted by Gasteiger charge is 2.18. The van der Waals surface area contributed by atoms with Crippen molar-refractivity contribution in [2.45, 2.75) is 4.90 Å². The number of sulfonamides is 1. The van der Waals surface area contributed by atoms with Crippen LogP contribution in [0.5, 0.6) is 0 Å². The van der Waals surface area contributed by atoms with E-state index in [0.29, 0.717) is 0 Å². The minimum atomic E-state index is -3.73. The van der Waals surface area contributed by atoms with Gasteiger partial charge in [-0.25, -0.2) is 17.5 Å². The topological polar surface area (TPSA) is 58.2 Å². The summed E-state index contributed by atoms with van der Waals surface area (Å²) in [7, 11) is -0.968. The van der Waals surface area contributed by atoms with E-state index in [4.69, 9.17) is 0 Å². The predicted octanol–water partition coefficient (Wildman–Crippen LogP) is 0.775. The van der Waals surface area contributed by atoms with Gasteiger partial charge >= 0.3 is 0 Å². The second-order valence-corrected chi connectivity index (χ2v) is 4.43. The van der Waals surface area contributed by atoms with Crippen LogP contribution in [-0.4, -0.2) is 22.5 Å². The lowest BCUT2D eigenvalue weighted by Gasteiger charge is -2.07. The third-order valence-corrected chi connectivity index (χ3v) is 3.22. The molecule has 14 heavy (non-hydrogen) atoms. The van der Waals surface area contributed by atoms with Gasteiger partial charge in [-0.1, -0.05) is 6.07 Å².